The Morgan fingerprint density at radius 3 is 2.47 bits per heavy atom. The van der Waals surface area contributed by atoms with E-state index in [1.165, 1.54) is 14.2 Å². The van der Waals surface area contributed by atoms with E-state index in [4.69, 9.17) is 26.8 Å². The Bertz CT molecular complexity index is 476. The first-order chi connectivity index (χ1) is 9.01. The molecule has 19 heavy (non-hydrogen) atoms. The molecule has 0 saturated heterocycles. The molecule has 106 valence electrons. The Balaban J connectivity index is 3.54. The summed E-state index contributed by atoms with van der Waals surface area (Å²) in [6.07, 6.45) is 0.582. The van der Waals surface area contributed by atoms with Crippen LogP contribution in [0.4, 0.5) is 0 Å². The molecule has 0 amide bonds. The Kier molecular flexibility index (Phi) is 5.44. The van der Waals surface area contributed by atoms with E-state index in [1.54, 1.807) is 6.07 Å². The molecule has 5 nitrogen and oxygen atoms in total. The van der Waals surface area contributed by atoms with Crippen LogP contribution in [0, 0.1) is 0 Å². The molecule has 1 aromatic rings. The van der Waals surface area contributed by atoms with Crippen molar-refractivity contribution >= 4 is 17.6 Å². The second-order valence-electron chi connectivity index (χ2n) is 3.97. The Morgan fingerprint density at radius 1 is 1.47 bits per heavy atom. The van der Waals surface area contributed by atoms with Crippen LogP contribution in [0.15, 0.2) is 6.07 Å². The highest BCUT2D eigenvalue weighted by molar-refractivity contribution is 6.33. The monoisotopic (exact) mass is 287 g/mol. The number of rotatable bonds is 6. The van der Waals surface area contributed by atoms with Gasteiger partial charge in [-0.15, -0.1) is 0 Å². The second kappa shape index (κ2) is 6.63. The normalized spacial score (nSPS) is 12.1. The van der Waals surface area contributed by atoms with E-state index in [0.717, 1.165) is 5.56 Å². The topological polar surface area (TPSA) is 81.8 Å². The first-order valence-corrected chi connectivity index (χ1v) is 6.25. The van der Waals surface area contributed by atoms with Gasteiger partial charge in [0, 0.05) is 6.54 Å². The van der Waals surface area contributed by atoms with Crippen molar-refractivity contribution in [3.05, 3.63) is 22.2 Å². The summed E-state index contributed by atoms with van der Waals surface area (Å²) in [5.74, 6) is -0.988. The largest absolute Gasteiger partial charge is 0.493 e. The van der Waals surface area contributed by atoms with Crippen molar-refractivity contribution in [3.63, 3.8) is 0 Å². The molecule has 0 radical (unpaired) electrons. The molecule has 0 aliphatic rings. The number of nitrogens with two attached hydrogens (primary N) is 1. The maximum absolute atomic E-state index is 11.3. The van der Waals surface area contributed by atoms with Gasteiger partial charge in [-0.25, -0.2) is 0 Å². The highest BCUT2D eigenvalue weighted by Crippen LogP contribution is 2.41. The third kappa shape index (κ3) is 2.93. The number of hydrogen-bond acceptors (Lipinski definition) is 4. The number of methoxy groups -OCH3 is 2. The maximum atomic E-state index is 11.3. The van der Waals surface area contributed by atoms with Crippen molar-refractivity contribution in [2.45, 2.75) is 19.3 Å². The first kappa shape index (κ1) is 15.6. The molecule has 0 spiro atoms. The lowest BCUT2D eigenvalue weighted by Crippen LogP contribution is -2.22. The lowest BCUT2D eigenvalue weighted by molar-refractivity contribution is -0.138. The molecule has 1 atom stereocenters. The van der Waals surface area contributed by atoms with Crippen molar-refractivity contribution in [1.29, 1.82) is 0 Å². The minimum Gasteiger partial charge on any atom is -0.493 e. The average Bonchev–Trinajstić information content (AvgIpc) is 2.38. The van der Waals surface area contributed by atoms with Gasteiger partial charge >= 0.3 is 5.97 Å². The van der Waals surface area contributed by atoms with Crippen LogP contribution in [0.3, 0.4) is 0 Å². The van der Waals surface area contributed by atoms with Gasteiger partial charge in [-0.05, 0) is 23.6 Å². The molecular formula is C13H18ClNO4. The molecule has 1 aromatic carbocycles. The summed E-state index contributed by atoms with van der Waals surface area (Å²) in [4.78, 5) is 11.3. The first-order valence-electron chi connectivity index (χ1n) is 5.87. The van der Waals surface area contributed by atoms with Crippen LogP contribution in [0.5, 0.6) is 11.5 Å². The van der Waals surface area contributed by atoms with Crippen molar-refractivity contribution in [1.82, 2.24) is 0 Å². The van der Waals surface area contributed by atoms with E-state index in [-0.39, 0.29) is 6.54 Å². The van der Waals surface area contributed by atoms with Crippen LogP contribution >= 0.6 is 11.6 Å². The fraction of sp³-hybridized carbons (Fsp3) is 0.462. The lowest BCUT2D eigenvalue weighted by atomic mass is 9.92. The van der Waals surface area contributed by atoms with Gasteiger partial charge in [-0.1, -0.05) is 18.5 Å². The summed E-state index contributed by atoms with van der Waals surface area (Å²) in [6.45, 7) is 1.89. The molecule has 0 heterocycles. The van der Waals surface area contributed by atoms with Crippen molar-refractivity contribution in [3.8, 4) is 11.5 Å². The maximum Gasteiger partial charge on any atom is 0.312 e. The summed E-state index contributed by atoms with van der Waals surface area (Å²) < 4.78 is 10.4. The van der Waals surface area contributed by atoms with Gasteiger partial charge in [-0.3, -0.25) is 4.79 Å². The number of carbonyl (C=O) groups is 1. The zero-order chi connectivity index (χ0) is 14.6. The van der Waals surface area contributed by atoms with Crippen molar-refractivity contribution in [2.75, 3.05) is 20.8 Å². The molecule has 1 unspecified atom stereocenters. The fourth-order valence-corrected chi connectivity index (χ4v) is 2.45. The van der Waals surface area contributed by atoms with Gasteiger partial charge in [-0.2, -0.15) is 0 Å². The zero-order valence-corrected chi connectivity index (χ0v) is 12.0. The number of carboxylic acids is 1. The van der Waals surface area contributed by atoms with Gasteiger partial charge in [0.1, 0.15) is 0 Å². The van der Waals surface area contributed by atoms with Crippen LogP contribution in [0.25, 0.3) is 0 Å². The molecule has 0 fully saturated rings. The van der Waals surface area contributed by atoms with Crippen LogP contribution in [-0.4, -0.2) is 31.8 Å². The van der Waals surface area contributed by atoms with Gasteiger partial charge in [0.25, 0.3) is 0 Å². The van der Waals surface area contributed by atoms with E-state index < -0.39 is 11.9 Å². The fourth-order valence-electron chi connectivity index (χ4n) is 2.04. The zero-order valence-electron chi connectivity index (χ0n) is 11.2. The number of halogens is 1. The minimum atomic E-state index is -0.986. The van der Waals surface area contributed by atoms with E-state index in [9.17, 15) is 9.90 Å². The van der Waals surface area contributed by atoms with Gasteiger partial charge in [0.05, 0.1) is 25.2 Å². The van der Waals surface area contributed by atoms with Gasteiger partial charge in [0.2, 0.25) is 0 Å². The molecule has 3 N–H and O–H groups in total. The van der Waals surface area contributed by atoms with Crippen molar-refractivity contribution in [2.24, 2.45) is 5.73 Å². The van der Waals surface area contributed by atoms with Gasteiger partial charge < -0.3 is 20.3 Å². The summed E-state index contributed by atoms with van der Waals surface area (Å²) in [7, 11) is 2.96. The Morgan fingerprint density at radius 2 is 2.11 bits per heavy atom. The van der Waals surface area contributed by atoms with Crippen LogP contribution < -0.4 is 15.2 Å². The number of benzene rings is 1. The quantitative estimate of drug-likeness (QED) is 0.837. The molecule has 0 aliphatic carbocycles. The summed E-state index contributed by atoms with van der Waals surface area (Å²) in [5, 5.41) is 9.61. The number of hydrogen-bond donors (Lipinski definition) is 2. The summed E-state index contributed by atoms with van der Waals surface area (Å²) in [5.41, 5.74) is 6.83. The van der Waals surface area contributed by atoms with E-state index >= 15 is 0 Å². The summed E-state index contributed by atoms with van der Waals surface area (Å²) >= 11 is 6.27. The predicted molar refractivity (Wildman–Crippen MR) is 73.4 cm³/mol. The van der Waals surface area contributed by atoms with Gasteiger partial charge in [0.15, 0.2) is 11.5 Å². The van der Waals surface area contributed by atoms with Crippen LogP contribution in [0.1, 0.15) is 24.0 Å². The second-order valence-corrected chi connectivity index (χ2v) is 4.35. The number of carboxylic acid groups (broad SMARTS) is 1. The molecule has 0 bridgehead atoms. The summed E-state index contributed by atoms with van der Waals surface area (Å²) in [6, 6.07) is 1.63. The number of aliphatic carboxylic acids is 1. The van der Waals surface area contributed by atoms with Crippen molar-refractivity contribution < 1.29 is 19.4 Å². The Hall–Kier alpha value is -1.46. The van der Waals surface area contributed by atoms with E-state index in [0.29, 0.717) is 28.5 Å². The molecule has 0 aliphatic heterocycles. The molecule has 1 rings (SSSR count). The molecular weight excluding hydrogens is 270 g/mol. The lowest BCUT2D eigenvalue weighted by Gasteiger charge is -2.20. The van der Waals surface area contributed by atoms with E-state index in [2.05, 4.69) is 0 Å². The van der Waals surface area contributed by atoms with E-state index in [1.807, 2.05) is 6.92 Å². The third-order valence-electron chi connectivity index (χ3n) is 3.01. The third-order valence-corrected chi connectivity index (χ3v) is 3.41. The SMILES string of the molecule is CCc1c(C(CN)C(=O)O)cc(OC)c(OC)c1Cl. The average molecular weight is 288 g/mol. The highest BCUT2D eigenvalue weighted by Gasteiger charge is 2.26. The predicted octanol–water partition coefficient (Wildman–Crippen LogP) is 2.05. The van der Waals surface area contributed by atoms with Crippen LogP contribution in [0.2, 0.25) is 5.02 Å². The molecule has 6 heteroatoms. The smallest absolute Gasteiger partial charge is 0.312 e. The van der Waals surface area contributed by atoms with Crippen LogP contribution in [-0.2, 0) is 11.2 Å². The Labute approximate surface area is 117 Å². The molecule has 0 saturated carbocycles. The standard InChI is InChI=1S/C13H18ClNO4/c1-4-7-8(9(6-15)13(16)17)5-10(18-2)12(19-3)11(7)14/h5,9H,4,6,15H2,1-3H3,(H,16,17). The minimum absolute atomic E-state index is 0.00581. The molecule has 0 aromatic heterocycles. The highest BCUT2D eigenvalue weighted by atomic mass is 35.5. The number of ether oxygens (including phenoxy) is 2.